The van der Waals surface area contributed by atoms with Crippen molar-refractivity contribution >= 4 is 0 Å². The summed E-state index contributed by atoms with van der Waals surface area (Å²) in [6.07, 6.45) is 2.10. The van der Waals surface area contributed by atoms with Crippen LogP contribution in [0.15, 0.2) is 18.2 Å². The highest BCUT2D eigenvalue weighted by Crippen LogP contribution is 2.34. The number of rotatable bonds is 3. The molecular weight excluding hydrogens is 230 g/mol. The Morgan fingerprint density at radius 3 is 2.78 bits per heavy atom. The van der Waals surface area contributed by atoms with Crippen LogP contribution in [0.2, 0.25) is 0 Å². The van der Waals surface area contributed by atoms with Gasteiger partial charge in [0, 0.05) is 19.3 Å². The van der Waals surface area contributed by atoms with Crippen molar-refractivity contribution in [2.75, 3.05) is 26.4 Å². The summed E-state index contributed by atoms with van der Waals surface area (Å²) in [6, 6.07) is 6.05. The molecule has 0 amide bonds. The average Bonchev–Trinajstić information content (AvgIpc) is 2.91. The van der Waals surface area contributed by atoms with E-state index >= 15 is 0 Å². The van der Waals surface area contributed by atoms with E-state index in [4.69, 9.17) is 19.9 Å². The van der Waals surface area contributed by atoms with E-state index in [0.29, 0.717) is 19.1 Å². The zero-order valence-corrected chi connectivity index (χ0v) is 10.4. The highest BCUT2D eigenvalue weighted by molar-refractivity contribution is 5.44. The van der Waals surface area contributed by atoms with Crippen molar-refractivity contribution in [3.63, 3.8) is 0 Å². The molecule has 1 saturated heterocycles. The zero-order valence-electron chi connectivity index (χ0n) is 10.4. The van der Waals surface area contributed by atoms with Crippen LogP contribution in [0.5, 0.6) is 11.5 Å². The molecule has 0 aromatic heterocycles. The number of fused-ring (bicyclic) bond motifs is 1. The highest BCUT2D eigenvalue weighted by atomic mass is 16.6. The first-order valence-electron chi connectivity index (χ1n) is 6.56. The standard InChI is InChI=1S/C14H19NO3/c15-12(7-10-3-4-16-9-10)11-1-2-13-14(8-11)18-6-5-17-13/h1-2,8,10,12H,3-7,9,15H2. The first-order chi connectivity index (χ1) is 8.83. The van der Waals surface area contributed by atoms with Gasteiger partial charge < -0.3 is 19.9 Å². The van der Waals surface area contributed by atoms with E-state index in [0.717, 1.165) is 43.1 Å². The molecule has 0 aliphatic carbocycles. The van der Waals surface area contributed by atoms with Crippen LogP contribution in [0.4, 0.5) is 0 Å². The molecule has 1 aromatic rings. The minimum Gasteiger partial charge on any atom is -0.486 e. The topological polar surface area (TPSA) is 53.7 Å². The van der Waals surface area contributed by atoms with Crippen LogP contribution in [-0.2, 0) is 4.74 Å². The fourth-order valence-corrected chi connectivity index (χ4v) is 2.56. The maximum Gasteiger partial charge on any atom is 0.161 e. The summed E-state index contributed by atoms with van der Waals surface area (Å²) < 4.78 is 16.5. The number of hydrogen-bond donors (Lipinski definition) is 1. The Balaban J connectivity index is 1.70. The molecule has 3 rings (SSSR count). The molecule has 0 saturated carbocycles. The van der Waals surface area contributed by atoms with Gasteiger partial charge in [0.25, 0.3) is 0 Å². The molecule has 2 unspecified atom stereocenters. The van der Waals surface area contributed by atoms with E-state index < -0.39 is 0 Å². The zero-order chi connectivity index (χ0) is 12.4. The molecule has 0 spiro atoms. The van der Waals surface area contributed by atoms with Crippen LogP contribution in [-0.4, -0.2) is 26.4 Å². The fraction of sp³-hybridized carbons (Fsp3) is 0.571. The van der Waals surface area contributed by atoms with Crippen LogP contribution >= 0.6 is 0 Å². The van der Waals surface area contributed by atoms with Crippen molar-refractivity contribution in [2.45, 2.75) is 18.9 Å². The lowest BCUT2D eigenvalue weighted by atomic mass is 9.94. The SMILES string of the molecule is NC(CC1CCOC1)c1ccc2c(c1)OCCO2. The largest absolute Gasteiger partial charge is 0.486 e. The molecule has 2 heterocycles. The van der Waals surface area contributed by atoms with Crippen molar-refractivity contribution in [1.29, 1.82) is 0 Å². The monoisotopic (exact) mass is 249 g/mol. The number of hydrogen-bond acceptors (Lipinski definition) is 4. The quantitative estimate of drug-likeness (QED) is 0.888. The lowest BCUT2D eigenvalue weighted by molar-refractivity contribution is 0.171. The second-order valence-electron chi connectivity index (χ2n) is 4.97. The Morgan fingerprint density at radius 1 is 1.17 bits per heavy atom. The van der Waals surface area contributed by atoms with Gasteiger partial charge in [-0.05, 0) is 36.5 Å². The first-order valence-corrected chi connectivity index (χ1v) is 6.56. The summed E-state index contributed by atoms with van der Waals surface area (Å²) in [5, 5.41) is 0. The molecule has 2 aliphatic rings. The van der Waals surface area contributed by atoms with Gasteiger partial charge in [-0.25, -0.2) is 0 Å². The highest BCUT2D eigenvalue weighted by Gasteiger charge is 2.21. The summed E-state index contributed by atoms with van der Waals surface area (Å²) >= 11 is 0. The Hall–Kier alpha value is -1.26. The van der Waals surface area contributed by atoms with Gasteiger partial charge in [-0.3, -0.25) is 0 Å². The molecule has 2 atom stereocenters. The van der Waals surface area contributed by atoms with Crippen LogP contribution < -0.4 is 15.2 Å². The molecule has 1 aromatic carbocycles. The molecule has 4 nitrogen and oxygen atoms in total. The van der Waals surface area contributed by atoms with Crippen LogP contribution in [0.3, 0.4) is 0 Å². The second kappa shape index (κ2) is 5.16. The molecular formula is C14H19NO3. The van der Waals surface area contributed by atoms with E-state index in [1.807, 2.05) is 18.2 Å². The molecule has 0 radical (unpaired) electrons. The predicted molar refractivity (Wildman–Crippen MR) is 67.9 cm³/mol. The molecule has 1 fully saturated rings. The molecule has 2 N–H and O–H groups in total. The van der Waals surface area contributed by atoms with Crippen molar-refractivity contribution in [1.82, 2.24) is 0 Å². The number of nitrogens with two attached hydrogens (primary N) is 1. The van der Waals surface area contributed by atoms with E-state index in [1.54, 1.807) is 0 Å². The van der Waals surface area contributed by atoms with Gasteiger partial charge in [-0.15, -0.1) is 0 Å². The normalized spacial score (nSPS) is 23.9. The third-order valence-electron chi connectivity index (χ3n) is 3.61. The van der Waals surface area contributed by atoms with Gasteiger partial charge in [0.1, 0.15) is 13.2 Å². The summed E-state index contributed by atoms with van der Waals surface area (Å²) in [7, 11) is 0. The van der Waals surface area contributed by atoms with Crippen molar-refractivity contribution < 1.29 is 14.2 Å². The van der Waals surface area contributed by atoms with Crippen molar-refractivity contribution in [3.05, 3.63) is 23.8 Å². The lowest BCUT2D eigenvalue weighted by Crippen LogP contribution is -2.18. The minimum absolute atomic E-state index is 0.0486. The van der Waals surface area contributed by atoms with Gasteiger partial charge in [-0.2, -0.15) is 0 Å². The number of benzene rings is 1. The van der Waals surface area contributed by atoms with Crippen LogP contribution in [0.1, 0.15) is 24.4 Å². The minimum atomic E-state index is 0.0486. The molecule has 18 heavy (non-hydrogen) atoms. The maximum atomic E-state index is 6.26. The van der Waals surface area contributed by atoms with Gasteiger partial charge in [0.2, 0.25) is 0 Å². The van der Waals surface area contributed by atoms with E-state index in [-0.39, 0.29) is 6.04 Å². The second-order valence-corrected chi connectivity index (χ2v) is 4.97. The summed E-state index contributed by atoms with van der Waals surface area (Å²) in [6.45, 7) is 2.96. The Bertz CT molecular complexity index is 416. The van der Waals surface area contributed by atoms with Crippen LogP contribution in [0, 0.1) is 5.92 Å². The summed E-state index contributed by atoms with van der Waals surface area (Å²) in [4.78, 5) is 0. The molecule has 2 aliphatic heterocycles. The predicted octanol–water partition coefficient (Wildman–Crippen LogP) is 1.88. The van der Waals surface area contributed by atoms with Gasteiger partial charge >= 0.3 is 0 Å². The van der Waals surface area contributed by atoms with E-state index in [2.05, 4.69) is 0 Å². The average molecular weight is 249 g/mol. The van der Waals surface area contributed by atoms with Crippen molar-refractivity contribution in [2.24, 2.45) is 11.7 Å². The van der Waals surface area contributed by atoms with Gasteiger partial charge in [-0.1, -0.05) is 6.07 Å². The lowest BCUT2D eigenvalue weighted by Gasteiger charge is -2.21. The first kappa shape index (κ1) is 11.8. The van der Waals surface area contributed by atoms with E-state index in [1.165, 1.54) is 0 Å². The van der Waals surface area contributed by atoms with Gasteiger partial charge in [0.15, 0.2) is 11.5 Å². The van der Waals surface area contributed by atoms with Gasteiger partial charge in [0.05, 0.1) is 0 Å². The van der Waals surface area contributed by atoms with Crippen molar-refractivity contribution in [3.8, 4) is 11.5 Å². The van der Waals surface area contributed by atoms with E-state index in [9.17, 15) is 0 Å². The molecule has 4 heteroatoms. The smallest absolute Gasteiger partial charge is 0.161 e. The molecule has 0 bridgehead atoms. The Labute approximate surface area is 107 Å². The molecule has 98 valence electrons. The maximum absolute atomic E-state index is 6.26. The third-order valence-corrected chi connectivity index (χ3v) is 3.61. The Kier molecular flexibility index (Phi) is 3.39. The number of ether oxygens (including phenoxy) is 3. The third kappa shape index (κ3) is 2.44. The summed E-state index contributed by atoms with van der Waals surface area (Å²) in [5.74, 6) is 2.23. The summed E-state index contributed by atoms with van der Waals surface area (Å²) in [5.41, 5.74) is 7.37. The Morgan fingerprint density at radius 2 is 2.00 bits per heavy atom. The van der Waals surface area contributed by atoms with Crippen LogP contribution in [0.25, 0.3) is 0 Å². The fourth-order valence-electron chi connectivity index (χ4n) is 2.56.